The van der Waals surface area contributed by atoms with E-state index in [1.165, 1.54) is 7.11 Å². The minimum atomic E-state index is -0.433. The molecule has 0 aliphatic rings. The van der Waals surface area contributed by atoms with Crippen molar-refractivity contribution in [3.05, 3.63) is 0 Å². The highest BCUT2D eigenvalue weighted by Gasteiger charge is 2.06. The lowest BCUT2D eigenvalue weighted by Gasteiger charge is -2.09. The number of methoxy groups -OCH3 is 1. The quantitative estimate of drug-likeness (QED) is 0.405. The van der Waals surface area contributed by atoms with Crippen LogP contribution in [0.5, 0.6) is 0 Å². The Morgan fingerprint density at radius 1 is 1.64 bits per heavy atom. The summed E-state index contributed by atoms with van der Waals surface area (Å²) in [4.78, 5) is 10.8. The van der Waals surface area contributed by atoms with E-state index >= 15 is 0 Å². The third kappa shape index (κ3) is 6.31. The first-order valence-corrected chi connectivity index (χ1v) is 4.61. The van der Waals surface area contributed by atoms with Crippen molar-refractivity contribution in [2.24, 2.45) is 0 Å². The fourth-order valence-corrected chi connectivity index (χ4v) is 0.784. The number of halogens is 1. The van der Waals surface area contributed by atoms with Crippen molar-refractivity contribution in [2.45, 2.75) is 26.1 Å². The molecule has 0 N–H and O–H groups in total. The number of hydrogen-bond acceptors (Lipinski definition) is 3. The van der Waals surface area contributed by atoms with Gasteiger partial charge in [0.15, 0.2) is 6.29 Å². The van der Waals surface area contributed by atoms with Crippen molar-refractivity contribution < 1.29 is 14.3 Å². The molecule has 4 heteroatoms. The summed E-state index contributed by atoms with van der Waals surface area (Å²) in [6.07, 6.45) is 0.812. The van der Waals surface area contributed by atoms with Gasteiger partial charge in [-0.3, -0.25) is 4.79 Å². The van der Waals surface area contributed by atoms with Crippen LogP contribution in [0.1, 0.15) is 19.8 Å². The van der Waals surface area contributed by atoms with Crippen LogP contribution in [0.4, 0.5) is 0 Å². The number of carbonyl (C=O) groups excluding carboxylic acids is 1. The Kier molecular flexibility index (Phi) is 6.56. The highest BCUT2D eigenvalue weighted by atomic mass is 79.9. The van der Waals surface area contributed by atoms with Gasteiger partial charge < -0.3 is 9.47 Å². The maximum atomic E-state index is 10.8. The molecule has 0 aromatic heterocycles. The predicted molar refractivity (Wildman–Crippen MR) is 45.6 cm³/mol. The first-order chi connectivity index (χ1) is 5.20. The Bertz CT molecular complexity index is 116. The van der Waals surface area contributed by atoms with Gasteiger partial charge in [0.2, 0.25) is 0 Å². The average Bonchev–Trinajstić information content (AvgIpc) is 2.00. The Morgan fingerprint density at radius 3 is 2.73 bits per heavy atom. The Balaban J connectivity index is 3.36. The molecule has 66 valence electrons. The van der Waals surface area contributed by atoms with Crippen molar-refractivity contribution >= 4 is 21.9 Å². The van der Waals surface area contributed by atoms with E-state index in [4.69, 9.17) is 9.47 Å². The first kappa shape index (κ1) is 10.9. The standard InChI is InChI=1S/C7H13BrO3/c1-6(10-2)11-7(9)4-3-5-8/h6H,3-5H2,1-2H3. The lowest BCUT2D eigenvalue weighted by atomic mass is 10.3. The highest BCUT2D eigenvalue weighted by Crippen LogP contribution is 1.99. The summed E-state index contributed by atoms with van der Waals surface area (Å²) in [5.41, 5.74) is 0. The van der Waals surface area contributed by atoms with Gasteiger partial charge in [0, 0.05) is 18.9 Å². The molecular formula is C7H13BrO3. The van der Waals surface area contributed by atoms with Crippen LogP contribution >= 0.6 is 15.9 Å². The SMILES string of the molecule is COC(C)OC(=O)CCCBr. The van der Waals surface area contributed by atoms with Gasteiger partial charge in [0.05, 0.1) is 0 Å². The molecule has 1 atom stereocenters. The molecule has 0 spiro atoms. The molecule has 0 aliphatic heterocycles. The number of ether oxygens (including phenoxy) is 2. The molecule has 0 fully saturated rings. The maximum Gasteiger partial charge on any atom is 0.308 e. The summed E-state index contributed by atoms with van der Waals surface area (Å²) in [7, 11) is 1.50. The number of hydrogen-bond donors (Lipinski definition) is 0. The van der Waals surface area contributed by atoms with Gasteiger partial charge in [-0.2, -0.15) is 0 Å². The van der Waals surface area contributed by atoms with E-state index in [2.05, 4.69) is 15.9 Å². The van der Waals surface area contributed by atoms with Crippen LogP contribution in [0.3, 0.4) is 0 Å². The largest absolute Gasteiger partial charge is 0.436 e. The molecule has 0 saturated carbocycles. The van der Waals surface area contributed by atoms with Crippen LogP contribution < -0.4 is 0 Å². The van der Waals surface area contributed by atoms with Gasteiger partial charge in [-0.1, -0.05) is 15.9 Å². The number of carbonyl (C=O) groups is 1. The van der Waals surface area contributed by atoms with Crippen molar-refractivity contribution in [3.8, 4) is 0 Å². The van der Waals surface area contributed by atoms with Crippen LogP contribution in [0.15, 0.2) is 0 Å². The fourth-order valence-electron chi connectivity index (χ4n) is 0.503. The minimum absolute atomic E-state index is 0.209. The second-order valence-electron chi connectivity index (χ2n) is 2.09. The van der Waals surface area contributed by atoms with E-state index in [0.717, 1.165) is 11.8 Å². The zero-order chi connectivity index (χ0) is 8.69. The summed E-state index contributed by atoms with van der Waals surface area (Å²) in [5.74, 6) is -0.209. The summed E-state index contributed by atoms with van der Waals surface area (Å²) in [6, 6.07) is 0. The van der Waals surface area contributed by atoms with Crippen LogP contribution in [-0.4, -0.2) is 24.7 Å². The summed E-state index contributed by atoms with van der Waals surface area (Å²) in [5, 5.41) is 0.823. The molecule has 0 amide bonds. The fraction of sp³-hybridized carbons (Fsp3) is 0.857. The van der Waals surface area contributed by atoms with Crippen LogP contribution in [0.2, 0.25) is 0 Å². The molecule has 11 heavy (non-hydrogen) atoms. The number of rotatable bonds is 5. The Labute approximate surface area is 75.2 Å². The summed E-state index contributed by atoms with van der Waals surface area (Å²) in [6.45, 7) is 1.69. The van der Waals surface area contributed by atoms with Gasteiger partial charge in [-0.15, -0.1) is 0 Å². The average molecular weight is 225 g/mol. The highest BCUT2D eigenvalue weighted by molar-refractivity contribution is 9.09. The van der Waals surface area contributed by atoms with E-state index in [1.807, 2.05) is 0 Å². The van der Waals surface area contributed by atoms with E-state index in [9.17, 15) is 4.79 Å². The Morgan fingerprint density at radius 2 is 2.27 bits per heavy atom. The van der Waals surface area contributed by atoms with Crippen molar-refractivity contribution in [1.82, 2.24) is 0 Å². The molecule has 0 bridgehead atoms. The lowest BCUT2D eigenvalue weighted by molar-refractivity contribution is -0.169. The van der Waals surface area contributed by atoms with Crippen molar-refractivity contribution in [2.75, 3.05) is 12.4 Å². The molecule has 0 aromatic carbocycles. The third-order valence-electron chi connectivity index (χ3n) is 1.14. The molecule has 0 saturated heterocycles. The Hall–Kier alpha value is -0.0900. The van der Waals surface area contributed by atoms with Gasteiger partial charge >= 0.3 is 5.97 Å². The second kappa shape index (κ2) is 6.61. The van der Waals surface area contributed by atoms with E-state index in [-0.39, 0.29) is 5.97 Å². The molecule has 0 heterocycles. The van der Waals surface area contributed by atoms with Gasteiger partial charge in [-0.05, 0) is 13.3 Å². The number of alkyl halides is 1. The molecule has 0 aliphatic carbocycles. The first-order valence-electron chi connectivity index (χ1n) is 3.49. The molecule has 3 nitrogen and oxygen atoms in total. The van der Waals surface area contributed by atoms with E-state index < -0.39 is 6.29 Å². The lowest BCUT2D eigenvalue weighted by Crippen LogP contribution is -2.16. The van der Waals surface area contributed by atoms with E-state index in [0.29, 0.717) is 6.42 Å². The van der Waals surface area contributed by atoms with Gasteiger partial charge in [0.1, 0.15) is 0 Å². The van der Waals surface area contributed by atoms with Crippen LogP contribution in [0, 0.1) is 0 Å². The third-order valence-corrected chi connectivity index (χ3v) is 1.70. The van der Waals surface area contributed by atoms with Crippen LogP contribution in [-0.2, 0) is 14.3 Å². The summed E-state index contributed by atoms with van der Waals surface area (Å²) >= 11 is 3.22. The van der Waals surface area contributed by atoms with Gasteiger partial charge in [0.25, 0.3) is 0 Å². The topological polar surface area (TPSA) is 35.5 Å². The zero-order valence-corrected chi connectivity index (χ0v) is 8.39. The molecular weight excluding hydrogens is 212 g/mol. The van der Waals surface area contributed by atoms with Crippen molar-refractivity contribution in [1.29, 1.82) is 0 Å². The monoisotopic (exact) mass is 224 g/mol. The molecule has 1 unspecified atom stereocenters. The summed E-state index contributed by atoms with van der Waals surface area (Å²) < 4.78 is 9.57. The minimum Gasteiger partial charge on any atom is -0.436 e. The van der Waals surface area contributed by atoms with Crippen LogP contribution in [0.25, 0.3) is 0 Å². The molecule has 0 rings (SSSR count). The maximum absolute atomic E-state index is 10.8. The number of esters is 1. The normalized spacial score (nSPS) is 12.6. The zero-order valence-electron chi connectivity index (χ0n) is 6.80. The molecule has 0 radical (unpaired) electrons. The second-order valence-corrected chi connectivity index (χ2v) is 2.88. The van der Waals surface area contributed by atoms with Crippen molar-refractivity contribution in [3.63, 3.8) is 0 Å². The molecule has 0 aromatic rings. The smallest absolute Gasteiger partial charge is 0.308 e. The van der Waals surface area contributed by atoms with E-state index in [1.54, 1.807) is 6.92 Å². The predicted octanol–water partition coefficient (Wildman–Crippen LogP) is 1.70. The van der Waals surface area contributed by atoms with Gasteiger partial charge in [-0.25, -0.2) is 0 Å².